The molecule has 0 aliphatic carbocycles. The van der Waals surface area contributed by atoms with Crippen LogP contribution in [0.15, 0.2) is 0 Å². The summed E-state index contributed by atoms with van der Waals surface area (Å²) < 4.78 is 0. The average Bonchev–Trinajstić information content (AvgIpc) is 2.42. The number of carboxylic acids is 1. The van der Waals surface area contributed by atoms with E-state index in [0.29, 0.717) is 6.29 Å². The third-order valence-electron chi connectivity index (χ3n) is 1.03. The van der Waals surface area contributed by atoms with Crippen molar-refractivity contribution in [2.75, 3.05) is 0 Å². The van der Waals surface area contributed by atoms with Gasteiger partial charge >= 0.3 is 5.97 Å². The van der Waals surface area contributed by atoms with Gasteiger partial charge in [0.15, 0.2) is 0 Å². The lowest BCUT2D eigenvalue weighted by Gasteiger charge is -1.76. The molecule has 0 aromatic heterocycles. The first kappa shape index (κ1) is 5.24. The van der Waals surface area contributed by atoms with E-state index < -0.39 is 18.1 Å². The smallest absolute Gasteiger partial charge is 0.322 e. The number of hydrogen-bond donors (Lipinski definition) is 2. The second-order valence-electron chi connectivity index (χ2n) is 1.64. The van der Waals surface area contributed by atoms with Crippen LogP contribution < -0.4 is 5.32 Å². The molecule has 1 aliphatic rings. The molecular weight excluding hydrogens is 110 g/mol. The molecule has 1 fully saturated rings. The molecule has 1 saturated heterocycles. The van der Waals surface area contributed by atoms with Crippen LogP contribution >= 0.6 is 0 Å². The third kappa shape index (κ3) is 0.696. The Bertz CT molecular complexity index is 133. The summed E-state index contributed by atoms with van der Waals surface area (Å²) in [4.78, 5) is 19.7. The second kappa shape index (κ2) is 1.56. The highest BCUT2D eigenvalue weighted by atomic mass is 16.4. The molecule has 0 amide bonds. The van der Waals surface area contributed by atoms with Crippen molar-refractivity contribution in [3.8, 4) is 0 Å². The predicted octanol–water partition coefficient (Wildman–Crippen LogP) is -1.39. The Hall–Kier alpha value is -0.900. The number of carbonyl (C=O) groups is 2. The summed E-state index contributed by atoms with van der Waals surface area (Å²) in [6, 6.07) is -1.06. The van der Waals surface area contributed by atoms with Gasteiger partial charge in [0.25, 0.3) is 0 Å². The topological polar surface area (TPSA) is 76.3 Å². The van der Waals surface area contributed by atoms with Gasteiger partial charge in [0.1, 0.15) is 12.3 Å². The summed E-state index contributed by atoms with van der Waals surface area (Å²) in [6.45, 7) is 0. The SMILES string of the molecule is O=CC1NC1C(=O)O. The molecule has 0 spiro atoms. The lowest BCUT2D eigenvalue weighted by atomic mass is 10.3. The maximum absolute atomic E-state index is 9.91. The number of nitrogens with one attached hydrogen (secondary N) is 1. The van der Waals surface area contributed by atoms with Crippen LogP contribution in [-0.2, 0) is 9.59 Å². The lowest BCUT2D eigenvalue weighted by Crippen LogP contribution is -2.09. The largest absolute Gasteiger partial charge is 0.480 e. The number of aldehydes is 1. The Balaban J connectivity index is 2.36. The number of hydrogen-bond acceptors (Lipinski definition) is 3. The molecule has 0 aromatic rings. The quantitative estimate of drug-likeness (QED) is 0.343. The predicted molar refractivity (Wildman–Crippen MR) is 24.4 cm³/mol. The van der Waals surface area contributed by atoms with Gasteiger partial charge < -0.3 is 9.90 Å². The van der Waals surface area contributed by atoms with Crippen LogP contribution in [0.1, 0.15) is 0 Å². The molecule has 4 heteroatoms. The Labute approximate surface area is 45.5 Å². The monoisotopic (exact) mass is 115 g/mol. The standard InChI is InChI=1S/C4H5NO3/c6-1-2-3(5-2)4(7)8/h1-3,5H,(H,7,8). The molecule has 8 heavy (non-hydrogen) atoms. The first-order valence-electron chi connectivity index (χ1n) is 2.20. The van der Waals surface area contributed by atoms with E-state index in [1.54, 1.807) is 0 Å². The fourth-order valence-corrected chi connectivity index (χ4v) is 0.495. The fraction of sp³-hybridized carbons (Fsp3) is 0.500. The fourth-order valence-electron chi connectivity index (χ4n) is 0.495. The van der Waals surface area contributed by atoms with Gasteiger partial charge in [-0.25, -0.2) is 0 Å². The van der Waals surface area contributed by atoms with Crippen LogP contribution in [0.25, 0.3) is 0 Å². The molecule has 44 valence electrons. The zero-order valence-electron chi connectivity index (χ0n) is 4.00. The molecule has 2 N–H and O–H groups in total. The summed E-state index contributed by atoms with van der Waals surface area (Å²) >= 11 is 0. The van der Waals surface area contributed by atoms with Crippen LogP contribution in [0.2, 0.25) is 0 Å². The molecule has 2 unspecified atom stereocenters. The Kier molecular flexibility index (Phi) is 1.02. The summed E-state index contributed by atoms with van der Waals surface area (Å²) in [5, 5.41) is 10.6. The highest BCUT2D eigenvalue weighted by Crippen LogP contribution is 2.06. The van der Waals surface area contributed by atoms with Crippen molar-refractivity contribution in [3.05, 3.63) is 0 Å². The molecule has 0 aromatic carbocycles. The molecule has 0 bridgehead atoms. The van der Waals surface area contributed by atoms with Gasteiger partial charge in [-0.15, -0.1) is 0 Å². The Morgan fingerprint density at radius 2 is 2.38 bits per heavy atom. The van der Waals surface area contributed by atoms with E-state index in [-0.39, 0.29) is 0 Å². The van der Waals surface area contributed by atoms with Crippen molar-refractivity contribution in [1.82, 2.24) is 5.32 Å². The van der Waals surface area contributed by atoms with Crippen molar-refractivity contribution in [3.63, 3.8) is 0 Å². The molecule has 1 rings (SSSR count). The zero-order chi connectivity index (χ0) is 6.15. The Morgan fingerprint density at radius 3 is 2.50 bits per heavy atom. The molecule has 0 radical (unpaired) electrons. The molecule has 4 nitrogen and oxygen atoms in total. The number of carbonyl (C=O) groups excluding carboxylic acids is 1. The van der Waals surface area contributed by atoms with Gasteiger partial charge in [-0.2, -0.15) is 0 Å². The zero-order valence-corrected chi connectivity index (χ0v) is 4.00. The van der Waals surface area contributed by atoms with E-state index in [9.17, 15) is 9.59 Å². The van der Waals surface area contributed by atoms with Gasteiger partial charge in [0.2, 0.25) is 0 Å². The van der Waals surface area contributed by atoms with E-state index >= 15 is 0 Å². The van der Waals surface area contributed by atoms with E-state index in [4.69, 9.17) is 5.11 Å². The van der Waals surface area contributed by atoms with Crippen LogP contribution in [-0.4, -0.2) is 29.4 Å². The van der Waals surface area contributed by atoms with Crippen LogP contribution in [0, 0.1) is 0 Å². The maximum Gasteiger partial charge on any atom is 0.322 e. The van der Waals surface area contributed by atoms with E-state index in [1.807, 2.05) is 0 Å². The van der Waals surface area contributed by atoms with Gasteiger partial charge in [-0.3, -0.25) is 10.1 Å². The first-order chi connectivity index (χ1) is 3.75. The highest BCUT2D eigenvalue weighted by molar-refractivity contribution is 5.85. The van der Waals surface area contributed by atoms with Gasteiger partial charge in [0.05, 0.1) is 6.04 Å². The third-order valence-corrected chi connectivity index (χ3v) is 1.03. The minimum atomic E-state index is -0.956. The van der Waals surface area contributed by atoms with Crippen LogP contribution in [0.4, 0.5) is 0 Å². The summed E-state index contributed by atoms with van der Waals surface area (Å²) in [6.07, 6.45) is 0.596. The lowest BCUT2D eigenvalue weighted by molar-refractivity contribution is -0.136. The maximum atomic E-state index is 9.91. The van der Waals surface area contributed by atoms with E-state index in [2.05, 4.69) is 5.32 Å². The minimum absolute atomic E-state index is 0.438. The normalized spacial score (nSPS) is 34.0. The van der Waals surface area contributed by atoms with Crippen molar-refractivity contribution in [2.24, 2.45) is 0 Å². The van der Waals surface area contributed by atoms with Crippen molar-refractivity contribution < 1.29 is 14.7 Å². The molecule has 1 aliphatic heterocycles. The second-order valence-corrected chi connectivity index (χ2v) is 1.64. The van der Waals surface area contributed by atoms with E-state index in [1.165, 1.54) is 0 Å². The van der Waals surface area contributed by atoms with Crippen molar-refractivity contribution in [2.45, 2.75) is 12.1 Å². The van der Waals surface area contributed by atoms with Gasteiger partial charge in [0, 0.05) is 0 Å². The molecule has 1 heterocycles. The summed E-state index contributed by atoms with van der Waals surface area (Å²) in [5.74, 6) is -0.956. The number of carboxylic acid groups (broad SMARTS) is 1. The highest BCUT2D eigenvalue weighted by Gasteiger charge is 2.42. The molecule has 2 atom stereocenters. The molecular formula is C4H5NO3. The molecule has 0 saturated carbocycles. The minimum Gasteiger partial charge on any atom is -0.480 e. The summed E-state index contributed by atoms with van der Waals surface area (Å²) in [5.41, 5.74) is 0. The van der Waals surface area contributed by atoms with E-state index in [0.717, 1.165) is 0 Å². The van der Waals surface area contributed by atoms with Crippen molar-refractivity contribution >= 4 is 12.3 Å². The average molecular weight is 115 g/mol. The van der Waals surface area contributed by atoms with Gasteiger partial charge in [-0.1, -0.05) is 0 Å². The Morgan fingerprint density at radius 1 is 1.75 bits per heavy atom. The number of rotatable bonds is 2. The van der Waals surface area contributed by atoms with Gasteiger partial charge in [-0.05, 0) is 0 Å². The van der Waals surface area contributed by atoms with Crippen LogP contribution in [0.3, 0.4) is 0 Å². The van der Waals surface area contributed by atoms with Crippen molar-refractivity contribution in [1.29, 1.82) is 0 Å². The number of aliphatic carboxylic acids is 1. The summed E-state index contributed by atoms with van der Waals surface area (Å²) in [7, 11) is 0. The first-order valence-corrected chi connectivity index (χ1v) is 2.20. The van der Waals surface area contributed by atoms with Crippen LogP contribution in [0.5, 0.6) is 0 Å².